The number of nitro benzene ring substituents is 1. The molecule has 0 radical (unpaired) electrons. The molecule has 0 aliphatic carbocycles. The third kappa shape index (κ3) is 2.09. The lowest BCUT2D eigenvalue weighted by molar-refractivity contribution is -0.384. The average Bonchev–Trinajstić information content (AvgIpc) is 2.58. The number of nitrogens with one attached hydrogen (secondary N) is 1. The van der Waals surface area contributed by atoms with Gasteiger partial charge in [-0.2, -0.15) is 5.01 Å². The van der Waals surface area contributed by atoms with Crippen molar-refractivity contribution in [2.24, 2.45) is 5.73 Å². The number of nitrogens with zero attached hydrogens (tertiary/aromatic N) is 3. The van der Waals surface area contributed by atoms with Gasteiger partial charge in [-0.25, -0.2) is 14.6 Å². The van der Waals surface area contributed by atoms with Crippen molar-refractivity contribution in [3.8, 4) is 0 Å². The zero-order chi connectivity index (χ0) is 15.1. The number of nitrogens with two attached hydrogens (primary N) is 1. The van der Waals surface area contributed by atoms with E-state index in [2.05, 4.69) is 5.32 Å². The Kier molecular flexibility index (Phi) is 2.97. The summed E-state index contributed by atoms with van der Waals surface area (Å²) in [5, 5.41) is 15.3. The van der Waals surface area contributed by atoms with Gasteiger partial charge in [0.2, 0.25) is 0 Å². The molecule has 9 heteroatoms. The fourth-order valence-corrected chi connectivity index (χ4v) is 2.05. The molecule has 9 nitrogen and oxygen atoms in total. The molecule has 2 rings (SSSR count). The molecule has 106 valence electrons. The summed E-state index contributed by atoms with van der Waals surface area (Å²) in [6, 6.07) is 3.94. The molecule has 1 aromatic carbocycles. The molecular weight excluding hydrogens is 266 g/mol. The van der Waals surface area contributed by atoms with E-state index >= 15 is 0 Å². The molecular formula is C11H13N5O4. The first-order valence-corrected chi connectivity index (χ1v) is 5.70. The summed E-state index contributed by atoms with van der Waals surface area (Å²) in [5.41, 5.74) is 4.25. The van der Waals surface area contributed by atoms with Gasteiger partial charge in [0.1, 0.15) is 5.66 Å². The highest BCUT2D eigenvalue weighted by Gasteiger charge is 2.46. The molecule has 0 aromatic heterocycles. The number of rotatable bonds is 2. The predicted octanol–water partition coefficient (Wildman–Crippen LogP) is 1.16. The predicted molar refractivity (Wildman–Crippen MR) is 69.6 cm³/mol. The molecule has 20 heavy (non-hydrogen) atoms. The number of hydrogen-bond donors (Lipinski definition) is 2. The summed E-state index contributed by atoms with van der Waals surface area (Å²) in [6.45, 7) is 3.18. The van der Waals surface area contributed by atoms with Crippen LogP contribution in [0.3, 0.4) is 0 Å². The number of hydrogen-bond acceptors (Lipinski definition) is 4. The van der Waals surface area contributed by atoms with Gasteiger partial charge in [-0.3, -0.25) is 10.1 Å². The van der Waals surface area contributed by atoms with E-state index in [9.17, 15) is 19.7 Å². The minimum Gasteiger partial charge on any atom is -0.350 e. The molecule has 1 fully saturated rings. The van der Waals surface area contributed by atoms with Crippen LogP contribution in [0.2, 0.25) is 0 Å². The smallest absolute Gasteiger partial charge is 0.343 e. The first-order chi connectivity index (χ1) is 9.24. The largest absolute Gasteiger partial charge is 0.350 e. The summed E-state index contributed by atoms with van der Waals surface area (Å²) in [4.78, 5) is 33.7. The van der Waals surface area contributed by atoms with Gasteiger partial charge in [0, 0.05) is 12.1 Å². The number of anilines is 1. The van der Waals surface area contributed by atoms with Gasteiger partial charge in [0.05, 0.1) is 10.6 Å². The average molecular weight is 279 g/mol. The number of nitro groups is 1. The zero-order valence-corrected chi connectivity index (χ0v) is 10.9. The molecule has 1 aromatic rings. The molecule has 4 amide bonds. The molecule has 1 heterocycles. The van der Waals surface area contributed by atoms with Crippen molar-refractivity contribution in [1.82, 2.24) is 10.3 Å². The van der Waals surface area contributed by atoms with Crippen LogP contribution in [0.25, 0.3) is 0 Å². The lowest BCUT2D eigenvalue weighted by Crippen LogP contribution is -2.55. The lowest BCUT2D eigenvalue weighted by Gasteiger charge is -2.32. The number of carbonyl (C=O) groups excluding carboxylic acids is 2. The second-order valence-electron chi connectivity index (χ2n) is 4.73. The Bertz CT molecular complexity index is 600. The topological polar surface area (TPSA) is 122 Å². The van der Waals surface area contributed by atoms with E-state index in [1.807, 2.05) is 0 Å². The van der Waals surface area contributed by atoms with Crippen LogP contribution in [-0.2, 0) is 0 Å². The first kappa shape index (κ1) is 13.6. The summed E-state index contributed by atoms with van der Waals surface area (Å²) in [7, 11) is 0. The highest BCUT2D eigenvalue weighted by Crippen LogP contribution is 2.29. The highest BCUT2D eigenvalue weighted by molar-refractivity contribution is 5.98. The minimum absolute atomic E-state index is 0.182. The number of hydrazine groups is 1. The van der Waals surface area contributed by atoms with Crippen molar-refractivity contribution < 1.29 is 14.5 Å². The van der Waals surface area contributed by atoms with Crippen molar-refractivity contribution in [2.45, 2.75) is 19.5 Å². The number of urea groups is 2. The first-order valence-electron chi connectivity index (χ1n) is 5.70. The molecule has 0 bridgehead atoms. The van der Waals surface area contributed by atoms with E-state index in [4.69, 9.17) is 5.73 Å². The Morgan fingerprint density at radius 3 is 2.65 bits per heavy atom. The molecule has 1 aliphatic heterocycles. The Labute approximate surface area is 114 Å². The van der Waals surface area contributed by atoms with Gasteiger partial charge >= 0.3 is 12.1 Å². The van der Waals surface area contributed by atoms with Gasteiger partial charge in [0.15, 0.2) is 0 Å². The van der Waals surface area contributed by atoms with E-state index in [1.54, 1.807) is 13.8 Å². The normalized spacial score (nSPS) is 17.0. The van der Waals surface area contributed by atoms with Crippen molar-refractivity contribution in [1.29, 1.82) is 0 Å². The van der Waals surface area contributed by atoms with Crippen LogP contribution in [0, 0.1) is 10.1 Å². The Balaban J connectivity index is 2.50. The minimum atomic E-state index is -1.02. The van der Waals surface area contributed by atoms with Crippen molar-refractivity contribution in [3.05, 3.63) is 34.4 Å². The molecule has 0 spiro atoms. The van der Waals surface area contributed by atoms with Crippen molar-refractivity contribution in [3.63, 3.8) is 0 Å². The monoisotopic (exact) mass is 279 g/mol. The van der Waals surface area contributed by atoms with Gasteiger partial charge in [0.25, 0.3) is 5.69 Å². The number of carbonyl (C=O) groups is 2. The number of benzene rings is 1. The van der Waals surface area contributed by atoms with E-state index in [0.29, 0.717) is 0 Å². The molecule has 1 saturated heterocycles. The van der Waals surface area contributed by atoms with Gasteiger partial charge in [-0.05, 0) is 19.9 Å². The van der Waals surface area contributed by atoms with Gasteiger partial charge in [-0.15, -0.1) is 0 Å². The number of amides is 4. The Morgan fingerprint density at radius 1 is 1.45 bits per heavy atom. The molecule has 0 atom stereocenters. The van der Waals surface area contributed by atoms with Crippen LogP contribution in [0.15, 0.2) is 24.3 Å². The maximum atomic E-state index is 12.0. The maximum Gasteiger partial charge on any atom is 0.343 e. The fourth-order valence-electron chi connectivity index (χ4n) is 2.05. The fraction of sp³-hybridized carbons (Fsp3) is 0.273. The second kappa shape index (κ2) is 4.37. The summed E-state index contributed by atoms with van der Waals surface area (Å²) in [6.07, 6.45) is 0. The van der Waals surface area contributed by atoms with Gasteiger partial charge < -0.3 is 11.1 Å². The van der Waals surface area contributed by atoms with Gasteiger partial charge in [-0.1, -0.05) is 6.07 Å². The van der Waals surface area contributed by atoms with Crippen molar-refractivity contribution >= 4 is 23.4 Å². The lowest BCUT2D eigenvalue weighted by atomic mass is 10.2. The quantitative estimate of drug-likeness (QED) is 0.622. The Hall–Kier alpha value is -2.84. The van der Waals surface area contributed by atoms with Crippen LogP contribution in [-0.4, -0.2) is 27.7 Å². The third-order valence-corrected chi connectivity index (χ3v) is 2.83. The molecule has 0 unspecified atom stereocenters. The highest BCUT2D eigenvalue weighted by atomic mass is 16.6. The Morgan fingerprint density at radius 2 is 2.10 bits per heavy atom. The second-order valence-corrected chi connectivity index (χ2v) is 4.73. The molecule has 3 N–H and O–H groups in total. The standard InChI is InChI=1S/C11H13N5O4/c1-11(2)13-10(18)14(15(11)9(12)17)7-4-3-5-8(6-7)16(19)20/h3-6H,1-2H3,(H2,12,17)(H,13,18). The number of primary amides is 1. The summed E-state index contributed by atoms with van der Waals surface area (Å²) >= 11 is 0. The molecule has 1 aliphatic rings. The SMILES string of the molecule is CC1(C)NC(=O)N(c2cccc([N+](=O)[O-])c2)N1C(N)=O. The van der Waals surface area contributed by atoms with Crippen LogP contribution >= 0.6 is 0 Å². The van der Waals surface area contributed by atoms with Crippen molar-refractivity contribution in [2.75, 3.05) is 5.01 Å². The van der Waals surface area contributed by atoms with E-state index in [1.165, 1.54) is 24.3 Å². The van der Waals surface area contributed by atoms with E-state index in [0.717, 1.165) is 10.0 Å². The van der Waals surface area contributed by atoms with Crippen LogP contribution in [0.5, 0.6) is 0 Å². The molecule has 0 saturated carbocycles. The maximum absolute atomic E-state index is 12.0. The third-order valence-electron chi connectivity index (χ3n) is 2.83. The summed E-state index contributed by atoms with van der Waals surface area (Å²) in [5.74, 6) is 0. The van der Waals surface area contributed by atoms with Crippen LogP contribution in [0.1, 0.15) is 13.8 Å². The van der Waals surface area contributed by atoms with E-state index in [-0.39, 0.29) is 11.4 Å². The van der Waals surface area contributed by atoms with E-state index < -0.39 is 22.6 Å². The van der Waals surface area contributed by atoms with Crippen LogP contribution < -0.4 is 16.1 Å². The summed E-state index contributed by atoms with van der Waals surface area (Å²) < 4.78 is 0. The zero-order valence-electron chi connectivity index (χ0n) is 10.9. The van der Waals surface area contributed by atoms with Crippen LogP contribution in [0.4, 0.5) is 21.0 Å². The number of non-ortho nitro benzene ring substituents is 1.